The standard InChI is InChI=1S/C24H28F3N3O4S/c1-24(2,34)23(13-6-4-3-5-7-13)35-12-18(32)21(22(33)19(35)11-31)30-10-17(28-29-30)14-8-15(25)20(27)16(26)9-14/h3-10,18-19,21-23,31-35H,11-12H2,1-2H3/t18-,19+,21-,22-,23?/m0/s1. The summed E-state index contributed by atoms with van der Waals surface area (Å²) in [5.74, 6) is -4.16. The maximum Gasteiger partial charge on any atom is 0.194 e. The lowest BCUT2D eigenvalue weighted by molar-refractivity contribution is 0.00572. The number of aromatic nitrogens is 3. The van der Waals surface area contributed by atoms with Gasteiger partial charge in [-0.15, -0.1) is 5.10 Å². The third-order valence-electron chi connectivity index (χ3n) is 6.36. The number of nitrogens with zero attached hydrogens (tertiary/aromatic N) is 3. The van der Waals surface area contributed by atoms with Crippen molar-refractivity contribution >= 4 is 10.9 Å². The zero-order chi connectivity index (χ0) is 25.5. The molecule has 1 saturated heterocycles. The third kappa shape index (κ3) is 4.96. The van der Waals surface area contributed by atoms with Crippen molar-refractivity contribution in [2.45, 2.75) is 48.2 Å². The van der Waals surface area contributed by atoms with E-state index in [2.05, 4.69) is 10.3 Å². The summed E-state index contributed by atoms with van der Waals surface area (Å²) in [6.07, 6.45) is -1.06. The van der Waals surface area contributed by atoms with Crippen LogP contribution in [0, 0.1) is 17.5 Å². The number of aliphatic hydroxyl groups is 4. The molecule has 0 radical (unpaired) electrons. The van der Waals surface area contributed by atoms with E-state index in [4.69, 9.17) is 0 Å². The highest BCUT2D eigenvalue weighted by Gasteiger charge is 2.48. The predicted molar refractivity (Wildman–Crippen MR) is 127 cm³/mol. The van der Waals surface area contributed by atoms with Crippen LogP contribution in [0.3, 0.4) is 0 Å². The Labute approximate surface area is 203 Å². The molecule has 1 aliphatic rings. The molecular formula is C24H28F3N3O4S. The number of benzene rings is 2. The van der Waals surface area contributed by atoms with Crippen molar-refractivity contribution in [3.05, 3.63) is 71.7 Å². The number of hydrogen-bond acceptors (Lipinski definition) is 6. The highest BCUT2D eigenvalue weighted by Crippen LogP contribution is 2.57. The van der Waals surface area contributed by atoms with Gasteiger partial charge in [-0.25, -0.2) is 28.7 Å². The molecule has 2 unspecified atom stereocenters. The molecule has 4 N–H and O–H groups in total. The zero-order valence-electron chi connectivity index (χ0n) is 19.1. The Morgan fingerprint density at radius 1 is 1.11 bits per heavy atom. The van der Waals surface area contributed by atoms with Crippen molar-refractivity contribution in [1.29, 1.82) is 0 Å². The molecule has 1 aromatic heterocycles. The normalized spacial score (nSPS) is 27.1. The van der Waals surface area contributed by atoms with Crippen LogP contribution in [0.25, 0.3) is 11.3 Å². The molecule has 1 fully saturated rings. The highest BCUT2D eigenvalue weighted by molar-refractivity contribution is 8.18. The van der Waals surface area contributed by atoms with E-state index < -0.39 is 62.7 Å². The number of halogens is 3. The van der Waals surface area contributed by atoms with E-state index in [0.29, 0.717) is 0 Å². The van der Waals surface area contributed by atoms with Gasteiger partial charge in [0.1, 0.15) is 11.7 Å². The van der Waals surface area contributed by atoms with E-state index in [1.807, 2.05) is 30.3 Å². The number of aliphatic hydroxyl groups excluding tert-OH is 3. The van der Waals surface area contributed by atoms with Crippen molar-refractivity contribution in [3.8, 4) is 11.3 Å². The van der Waals surface area contributed by atoms with Gasteiger partial charge >= 0.3 is 0 Å². The Morgan fingerprint density at radius 3 is 2.31 bits per heavy atom. The molecule has 0 bridgehead atoms. The van der Waals surface area contributed by atoms with Gasteiger partial charge in [-0.2, -0.15) is 0 Å². The predicted octanol–water partition coefficient (Wildman–Crippen LogP) is 2.51. The van der Waals surface area contributed by atoms with E-state index in [1.165, 1.54) is 10.9 Å². The summed E-state index contributed by atoms with van der Waals surface area (Å²) in [7, 11) is -1.31. The lowest BCUT2D eigenvalue weighted by Crippen LogP contribution is -2.52. The molecule has 3 aromatic rings. The SMILES string of the molecule is CC(C)(O)C(c1ccccc1)[SH]1C[C@H](O)[C@H](n2cc(-c3cc(F)c(F)c(F)c3)nn2)[C@@H](O)[C@H]1CO. The molecule has 2 heterocycles. The quantitative estimate of drug-likeness (QED) is 0.257. The second-order valence-electron chi connectivity index (χ2n) is 9.30. The lowest BCUT2D eigenvalue weighted by Gasteiger charge is -2.50. The minimum absolute atomic E-state index is 0.0224. The van der Waals surface area contributed by atoms with Gasteiger partial charge in [-0.3, -0.25) is 0 Å². The third-order valence-corrected chi connectivity index (χ3v) is 10.1. The lowest BCUT2D eigenvalue weighted by atomic mass is 9.98. The summed E-state index contributed by atoms with van der Waals surface area (Å²) in [6, 6.07) is 9.84. The van der Waals surface area contributed by atoms with Crippen LogP contribution >= 0.6 is 10.9 Å². The first kappa shape index (κ1) is 25.6. The Morgan fingerprint density at radius 2 is 1.74 bits per heavy atom. The number of rotatable bonds is 6. The van der Waals surface area contributed by atoms with Crippen LogP contribution in [0.2, 0.25) is 0 Å². The Balaban J connectivity index is 1.66. The Kier molecular flexibility index (Phi) is 7.26. The Bertz CT molecular complexity index is 1150. The van der Waals surface area contributed by atoms with Crippen LogP contribution in [0.4, 0.5) is 13.2 Å². The van der Waals surface area contributed by atoms with Gasteiger partial charge < -0.3 is 20.4 Å². The van der Waals surface area contributed by atoms with Crippen molar-refractivity contribution in [3.63, 3.8) is 0 Å². The van der Waals surface area contributed by atoms with Crippen LogP contribution in [0.1, 0.15) is 30.7 Å². The molecule has 11 heteroatoms. The minimum atomic E-state index is -1.60. The summed E-state index contributed by atoms with van der Waals surface area (Å²) in [5, 5.41) is 50.3. The molecule has 2 aromatic carbocycles. The largest absolute Gasteiger partial charge is 0.395 e. The maximum absolute atomic E-state index is 13.7. The molecule has 4 rings (SSSR count). The van der Waals surface area contributed by atoms with E-state index in [9.17, 15) is 33.6 Å². The average molecular weight is 512 g/mol. The first-order chi connectivity index (χ1) is 16.5. The van der Waals surface area contributed by atoms with Crippen LogP contribution in [0.5, 0.6) is 0 Å². The average Bonchev–Trinajstić information content (AvgIpc) is 3.27. The summed E-state index contributed by atoms with van der Waals surface area (Å²) in [5.41, 5.74) is -0.385. The molecule has 35 heavy (non-hydrogen) atoms. The van der Waals surface area contributed by atoms with Crippen molar-refractivity contribution < 1.29 is 33.6 Å². The van der Waals surface area contributed by atoms with Gasteiger partial charge in [0.25, 0.3) is 0 Å². The fraction of sp³-hybridized carbons (Fsp3) is 0.417. The summed E-state index contributed by atoms with van der Waals surface area (Å²) < 4.78 is 41.8. The highest BCUT2D eigenvalue weighted by atomic mass is 32.2. The number of hydrogen-bond donors (Lipinski definition) is 5. The van der Waals surface area contributed by atoms with E-state index in [1.54, 1.807) is 13.8 Å². The minimum Gasteiger partial charge on any atom is -0.395 e. The molecule has 7 nitrogen and oxygen atoms in total. The molecule has 6 atom stereocenters. The number of thiol groups is 1. The van der Waals surface area contributed by atoms with Crippen LogP contribution in [-0.4, -0.2) is 70.8 Å². The van der Waals surface area contributed by atoms with Crippen molar-refractivity contribution in [1.82, 2.24) is 15.0 Å². The van der Waals surface area contributed by atoms with Gasteiger partial charge in [-0.1, -0.05) is 35.5 Å². The van der Waals surface area contributed by atoms with Crippen LogP contribution in [-0.2, 0) is 0 Å². The molecule has 190 valence electrons. The second kappa shape index (κ2) is 9.90. The van der Waals surface area contributed by atoms with E-state index >= 15 is 0 Å². The van der Waals surface area contributed by atoms with Crippen LogP contribution < -0.4 is 0 Å². The molecular weight excluding hydrogens is 483 g/mol. The van der Waals surface area contributed by atoms with Crippen molar-refractivity contribution in [2.24, 2.45) is 0 Å². The summed E-state index contributed by atoms with van der Waals surface area (Å²) >= 11 is 0. The van der Waals surface area contributed by atoms with E-state index in [0.717, 1.165) is 17.7 Å². The van der Waals surface area contributed by atoms with Crippen LogP contribution in [0.15, 0.2) is 48.7 Å². The zero-order valence-corrected chi connectivity index (χ0v) is 20.0. The van der Waals surface area contributed by atoms with Crippen molar-refractivity contribution in [2.75, 3.05) is 12.4 Å². The van der Waals surface area contributed by atoms with Gasteiger partial charge in [0.05, 0.1) is 30.6 Å². The summed E-state index contributed by atoms with van der Waals surface area (Å²) in [4.78, 5) is 0. The topological polar surface area (TPSA) is 112 Å². The van der Waals surface area contributed by atoms with Gasteiger partial charge in [0.15, 0.2) is 17.5 Å². The van der Waals surface area contributed by atoms with E-state index in [-0.39, 0.29) is 23.6 Å². The molecule has 0 spiro atoms. The smallest absolute Gasteiger partial charge is 0.194 e. The molecule has 0 saturated carbocycles. The fourth-order valence-electron chi connectivity index (χ4n) is 4.85. The van der Waals surface area contributed by atoms with Gasteiger partial charge in [0, 0.05) is 21.8 Å². The fourth-order valence-corrected chi connectivity index (χ4v) is 8.51. The first-order valence-corrected chi connectivity index (χ1v) is 12.8. The first-order valence-electron chi connectivity index (χ1n) is 11.1. The molecule has 0 amide bonds. The van der Waals surface area contributed by atoms with Gasteiger partial charge in [0.2, 0.25) is 0 Å². The monoisotopic (exact) mass is 511 g/mol. The Hall–Kier alpha value is -2.44. The molecule has 1 aliphatic heterocycles. The van der Waals surface area contributed by atoms with Gasteiger partial charge in [-0.05, 0) is 31.5 Å². The second-order valence-corrected chi connectivity index (χ2v) is 11.9. The maximum atomic E-state index is 13.7. The summed E-state index contributed by atoms with van der Waals surface area (Å²) in [6.45, 7) is 2.94. The molecule has 0 aliphatic carbocycles.